The summed E-state index contributed by atoms with van der Waals surface area (Å²) in [5, 5.41) is 0. The van der Waals surface area contributed by atoms with Crippen molar-refractivity contribution in [3.8, 4) is 0 Å². The Hall–Kier alpha value is 0.700. The molecule has 0 rings (SSSR count). The maximum absolute atomic E-state index is 4.76. The van der Waals surface area contributed by atoms with E-state index in [1.807, 2.05) is 11.8 Å². The van der Waals surface area contributed by atoms with E-state index >= 15 is 0 Å². The minimum Gasteiger partial charge on any atom is -0.165 e. The average molecular weight is 135 g/mol. The van der Waals surface area contributed by atoms with Crippen molar-refractivity contribution in [1.29, 1.82) is 0 Å². The molecule has 1 radical (unpaired) electrons. The van der Waals surface area contributed by atoms with Gasteiger partial charge in [0.1, 0.15) is 0 Å². The lowest BCUT2D eigenvalue weighted by molar-refractivity contribution is 0.911. The van der Waals surface area contributed by atoms with Crippen LogP contribution in [-0.2, 0) is 0 Å². The van der Waals surface area contributed by atoms with Gasteiger partial charge in [0.2, 0.25) is 0 Å². The molecule has 0 heterocycles. The standard InChI is InChI=1S/C5H11S2/c1-7-5-3-2-4-6/h2-5H2,1H3. The molecule has 0 aromatic heterocycles. The molecular formula is C5H11S2. The lowest BCUT2D eigenvalue weighted by Gasteiger charge is -1.89. The third-order valence-corrected chi connectivity index (χ3v) is 1.73. The SMILES string of the molecule is CSCCCC[S]. The van der Waals surface area contributed by atoms with Gasteiger partial charge >= 0.3 is 0 Å². The zero-order chi connectivity index (χ0) is 5.54. The van der Waals surface area contributed by atoms with E-state index in [-0.39, 0.29) is 0 Å². The molecule has 43 valence electrons. The number of unbranched alkanes of at least 4 members (excludes halogenated alkanes) is 1. The van der Waals surface area contributed by atoms with Gasteiger partial charge in [0, 0.05) is 5.75 Å². The van der Waals surface area contributed by atoms with Crippen LogP contribution in [0.5, 0.6) is 0 Å². The predicted octanol–water partition coefficient (Wildman–Crippen LogP) is 2.33. The summed E-state index contributed by atoms with van der Waals surface area (Å²) in [6, 6.07) is 0. The van der Waals surface area contributed by atoms with Crippen molar-refractivity contribution in [2.45, 2.75) is 12.8 Å². The topological polar surface area (TPSA) is 0 Å². The largest absolute Gasteiger partial charge is 0.165 e. The number of hydrogen-bond donors (Lipinski definition) is 0. The minimum atomic E-state index is 0.931. The summed E-state index contributed by atoms with van der Waals surface area (Å²) in [6.45, 7) is 0. The molecule has 0 aliphatic carbocycles. The van der Waals surface area contributed by atoms with Gasteiger partial charge in [0.05, 0.1) is 0 Å². The predicted molar refractivity (Wildman–Crippen MR) is 40.1 cm³/mol. The molecule has 0 aliphatic heterocycles. The first kappa shape index (κ1) is 7.70. The van der Waals surface area contributed by atoms with Crippen LogP contribution < -0.4 is 0 Å². The van der Waals surface area contributed by atoms with E-state index in [1.54, 1.807) is 0 Å². The van der Waals surface area contributed by atoms with Crippen molar-refractivity contribution >= 4 is 24.4 Å². The van der Waals surface area contributed by atoms with Crippen LogP contribution in [0.3, 0.4) is 0 Å². The fourth-order valence-electron chi connectivity index (χ4n) is 0.348. The molecular weight excluding hydrogens is 124 g/mol. The number of thioether (sulfide) groups is 1. The van der Waals surface area contributed by atoms with Crippen molar-refractivity contribution in [2.24, 2.45) is 0 Å². The first-order valence-corrected chi connectivity index (χ1v) is 4.46. The third kappa shape index (κ3) is 6.70. The van der Waals surface area contributed by atoms with E-state index in [0.717, 1.165) is 5.75 Å². The fourth-order valence-corrected chi connectivity index (χ4v) is 1.05. The molecule has 0 nitrogen and oxygen atoms in total. The van der Waals surface area contributed by atoms with Crippen molar-refractivity contribution in [3.63, 3.8) is 0 Å². The first-order valence-electron chi connectivity index (χ1n) is 2.49. The van der Waals surface area contributed by atoms with E-state index in [4.69, 9.17) is 12.6 Å². The second kappa shape index (κ2) is 6.70. The smallest absolute Gasteiger partial charge is 0.00372 e. The van der Waals surface area contributed by atoms with Gasteiger partial charge in [-0.15, -0.1) is 0 Å². The van der Waals surface area contributed by atoms with Crippen LogP contribution in [0.4, 0.5) is 0 Å². The van der Waals surface area contributed by atoms with Gasteiger partial charge in [0.25, 0.3) is 0 Å². The highest BCUT2D eigenvalue weighted by Gasteiger charge is 1.81. The lowest BCUT2D eigenvalue weighted by Crippen LogP contribution is -1.78. The van der Waals surface area contributed by atoms with E-state index in [0.29, 0.717) is 0 Å². The Kier molecular flexibility index (Phi) is 7.37. The Morgan fingerprint density at radius 1 is 1.43 bits per heavy atom. The molecule has 0 saturated carbocycles. The molecule has 0 aliphatic rings. The van der Waals surface area contributed by atoms with Crippen molar-refractivity contribution < 1.29 is 0 Å². The van der Waals surface area contributed by atoms with Crippen LogP contribution in [0.2, 0.25) is 0 Å². The maximum Gasteiger partial charge on any atom is 0.00372 e. The summed E-state index contributed by atoms with van der Waals surface area (Å²) in [5.41, 5.74) is 0. The first-order chi connectivity index (χ1) is 3.41. The number of hydrogen-bond acceptors (Lipinski definition) is 1. The molecule has 0 bridgehead atoms. The highest BCUT2D eigenvalue weighted by Crippen LogP contribution is 1.98. The zero-order valence-electron chi connectivity index (χ0n) is 4.64. The molecule has 7 heavy (non-hydrogen) atoms. The lowest BCUT2D eigenvalue weighted by atomic mass is 10.4. The van der Waals surface area contributed by atoms with Gasteiger partial charge < -0.3 is 0 Å². The van der Waals surface area contributed by atoms with Gasteiger partial charge in [-0.05, 0) is 24.9 Å². The molecule has 2 heteroatoms. The Morgan fingerprint density at radius 3 is 2.57 bits per heavy atom. The molecule has 0 fully saturated rings. The number of rotatable bonds is 4. The Bertz CT molecular complexity index is 25.3. The van der Waals surface area contributed by atoms with Gasteiger partial charge in [-0.25, -0.2) is 0 Å². The van der Waals surface area contributed by atoms with Crippen LogP contribution in [0.15, 0.2) is 0 Å². The quantitative estimate of drug-likeness (QED) is 0.533. The van der Waals surface area contributed by atoms with Crippen LogP contribution in [0, 0.1) is 0 Å². The van der Waals surface area contributed by atoms with E-state index < -0.39 is 0 Å². The average Bonchev–Trinajstić information content (AvgIpc) is 1.69. The van der Waals surface area contributed by atoms with Crippen LogP contribution in [0.25, 0.3) is 0 Å². The molecule has 0 atom stereocenters. The van der Waals surface area contributed by atoms with Crippen LogP contribution in [0.1, 0.15) is 12.8 Å². The van der Waals surface area contributed by atoms with Crippen LogP contribution >= 0.6 is 24.4 Å². The summed E-state index contributed by atoms with van der Waals surface area (Å²) in [6.07, 6.45) is 4.64. The minimum absolute atomic E-state index is 0.931. The third-order valence-electron chi connectivity index (χ3n) is 0.743. The zero-order valence-corrected chi connectivity index (χ0v) is 6.28. The summed E-state index contributed by atoms with van der Waals surface area (Å²) in [4.78, 5) is 0. The molecule has 0 aromatic carbocycles. The van der Waals surface area contributed by atoms with Crippen molar-refractivity contribution in [3.05, 3.63) is 0 Å². The molecule has 0 saturated heterocycles. The second-order valence-electron chi connectivity index (χ2n) is 1.40. The van der Waals surface area contributed by atoms with Crippen molar-refractivity contribution in [1.82, 2.24) is 0 Å². The molecule has 0 amide bonds. The van der Waals surface area contributed by atoms with Gasteiger partial charge in [-0.3, -0.25) is 0 Å². The molecule has 0 spiro atoms. The highest BCUT2D eigenvalue weighted by molar-refractivity contribution is 7.98. The summed E-state index contributed by atoms with van der Waals surface area (Å²) in [5.74, 6) is 2.21. The molecule has 0 unspecified atom stereocenters. The highest BCUT2D eigenvalue weighted by atomic mass is 32.2. The monoisotopic (exact) mass is 135 g/mol. The Labute approximate surface area is 55.5 Å². The van der Waals surface area contributed by atoms with Crippen LogP contribution in [-0.4, -0.2) is 17.8 Å². The van der Waals surface area contributed by atoms with E-state index in [9.17, 15) is 0 Å². The van der Waals surface area contributed by atoms with E-state index in [2.05, 4.69) is 6.26 Å². The Balaban J connectivity index is 2.45. The Morgan fingerprint density at radius 2 is 2.14 bits per heavy atom. The van der Waals surface area contributed by atoms with Crippen molar-refractivity contribution in [2.75, 3.05) is 17.8 Å². The fraction of sp³-hybridized carbons (Fsp3) is 1.00. The van der Waals surface area contributed by atoms with Gasteiger partial charge in [-0.1, -0.05) is 12.6 Å². The van der Waals surface area contributed by atoms with E-state index in [1.165, 1.54) is 18.6 Å². The normalized spacial score (nSPS) is 9.43. The molecule has 0 N–H and O–H groups in total. The van der Waals surface area contributed by atoms with Gasteiger partial charge in [0.15, 0.2) is 0 Å². The maximum atomic E-state index is 4.76. The van der Waals surface area contributed by atoms with Gasteiger partial charge in [-0.2, -0.15) is 11.8 Å². The summed E-state index contributed by atoms with van der Waals surface area (Å²) in [7, 11) is 0. The summed E-state index contributed by atoms with van der Waals surface area (Å²) < 4.78 is 0. The molecule has 0 aromatic rings. The summed E-state index contributed by atoms with van der Waals surface area (Å²) >= 11 is 6.65. The second-order valence-corrected chi connectivity index (χ2v) is 2.80.